The Morgan fingerprint density at radius 1 is 1.07 bits per heavy atom. The number of hydrogen-bond donors (Lipinski definition) is 1. The van der Waals surface area contributed by atoms with Crippen molar-refractivity contribution in [1.82, 2.24) is 15.5 Å². The molecule has 0 spiro atoms. The van der Waals surface area contributed by atoms with Gasteiger partial charge in [0.15, 0.2) is 0 Å². The minimum atomic E-state index is 0.00523. The highest BCUT2D eigenvalue weighted by atomic mass is 16.5. The molecule has 1 heterocycles. The van der Waals surface area contributed by atoms with Crippen LogP contribution in [-0.2, 0) is 17.6 Å². The lowest BCUT2D eigenvalue weighted by molar-refractivity contribution is -0.121. The minimum Gasteiger partial charge on any atom is -0.354 e. The zero-order valence-corrected chi connectivity index (χ0v) is 15.8. The van der Waals surface area contributed by atoms with Gasteiger partial charge in [-0.3, -0.25) is 4.79 Å². The fourth-order valence-electron chi connectivity index (χ4n) is 2.84. The van der Waals surface area contributed by atoms with E-state index in [1.165, 1.54) is 11.1 Å². The maximum atomic E-state index is 12.2. The van der Waals surface area contributed by atoms with Crippen molar-refractivity contribution in [2.24, 2.45) is 0 Å². The van der Waals surface area contributed by atoms with Crippen LogP contribution in [0.2, 0.25) is 0 Å². The molecule has 0 radical (unpaired) electrons. The van der Waals surface area contributed by atoms with Gasteiger partial charge in [-0.1, -0.05) is 65.3 Å². The number of aryl methyl sites for hydroxylation is 3. The lowest BCUT2D eigenvalue weighted by Gasteiger charge is -2.13. The summed E-state index contributed by atoms with van der Waals surface area (Å²) in [5.74, 6) is 1.05. The van der Waals surface area contributed by atoms with E-state index in [1.54, 1.807) is 0 Å². The zero-order valence-electron chi connectivity index (χ0n) is 15.8. The summed E-state index contributed by atoms with van der Waals surface area (Å²) in [6.45, 7) is 4.06. The third-order valence-electron chi connectivity index (χ3n) is 4.46. The largest absolute Gasteiger partial charge is 0.354 e. The molecule has 5 heteroatoms. The van der Waals surface area contributed by atoms with Crippen molar-refractivity contribution in [1.29, 1.82) is 0 Å². The van der Waals surface area contributed by atoms with Gasteiger partial charge >= 0.3 is 0 Å². The van der Waals surface area contributed by atoms with Crippen molar-refractivity contribution < 1.29 is 9.32 Å². The summed E-state index contributed by atoms with van der Waals surface area (Å²) >= 11 is 0. The first-order valence-corrected chi connectivity index (χ1v) is 9.33. The first-order valence-electron chi connectivity index (χ1n) is 9.33. The van der Waals surface area contributed by atoms with E-state index in [1.807, 2.05) is 56.3 Å². The lowest BCUT2D eigenvalue weighted by atomic mass is 10.1. The van der Waals surface area contributed by atoms with Crippen molar-refractivity contribution in [3.8, 4) is 11.4 Å². The number of carbonyl (C=O) groups is 1. The highest BCUT2D eigenvalue weighted by Crippen LogP contribution is 2.16. The molecule has 1 N–H and O–H groups in total. The lowest BCUT2D eigenvalue weighted by Crippen LogP contribution is -2.33. The number of amides is 1. The number of aromatic nitrogens is 2. The summed E-state index contributed by atoms with van der Waals surface area (Å²) in [4.78, 5) is 16.5. The topological polar surface area (TPSA) is 68.0 Å². The van der Waals surface area contributed by atoms with Crippen molar-refractivity contribution >= 4 is 5.91 Å². The molecule has 3 aromatic rings. The minimum absolute atomic E-state index is 0.00523. The van der Waals surface area contributed by atoms with Gasteiger partial charge in [0.05, 0.1) is 0 Å². The van der Waals surface area contributed by atoms with Gasteiger partial charge in [0.2, 0.25) is 17.6 Å². The molecular weight excluding hydrogens is 338 g/mol. The van der Waals surface area contributed by atoms with Crippen LogP contribution in [0.15, 0.2) is 59.1 Å². The van der Waals surface area contributed by atoms with Crippen LogP contribution in [0.5, 0.6) is 0 Å². The fourth-order valence-corrected chi connectivity index (χ4v) is 2.84. The van der Waals surface area contributed by atoms with Crippen molar-refractivity contribution in [3.05, 3.63) is 71.6 Å². The average molecular weight is 363 g/mol. The van der Waals surface area contributed by atoms with Crippen LogP contribution in [-0.4, -0.2) is 22.1 Å². The predicted molar refractivity (Wildman–Crippen MR) is 105 cm³/mol. The molecule has 140 valence electrons. The SMILES string of the molecule is Cc1ccc(-c2noc(CCC(=O)NC(C)CCc3ccccc3)n2)cc1. The summed E-state index contributed by atoms with van der Waals surface area (Å²) < 4.78 is 5.27. The van der Waals surface area contributed by atoms with Gasteiger partial charge in [0.1, 0.15) is 0 Å². The smallest absolute Gasteiger partial charge is 0.227 e. The molecule has 27 heavy (non-hydrogen) atoms. The quantitative estimate of drug-likeness (QED) is 0.654. The van der Waals surface area contributed by atoms with Gasteiger partial charge in [-0.25, -0.2) is 0 Å². The van der Waals surface area contributed by atoms with Gasteiger partial charge < -0.3 is 9.84 Å². The molecule has 0 saturated heterocycles. The molecule has 0 bridgehead atoms. The van der Waals surface area contributed by atoms with Crippen LogP contribution in [0.3, 0.4) is 0 Å². The molecule has 1 aromatic heterocycles. The highest BCUT2D eigenvalue weighted by Gasteiger charge is 2.12. The van der Waals surface area contributed by atoms with Gasteiger partial charge in [0, 0.05) is 24.4 Å². The van der Waals surface area contributed by atoms with Crippen LogP contribution in [0, 0.1) is 6.92 Å². The van der Waals surface area contributed by atoms with Crippen LogP contribution in [0.25, 0.3) is 11.4 Å². The molecule has 0 aliphatic rings. The summed E-state index contributed by atoms with van der Waals surface area (Å²) in [5.41, 5.74) is 3.38. The number of benzene rings is 2. The maximum absolute atomic E-state index is 12.2. The standard InChI is InChI=1S/C22H25N3O2/c1-16-8-12-19(13-9-16)22-24-21(27-25-22)15-14-20(26)23-17(2)10-11-18-6-4-3-5-7-18/h3-9,12-13,17H,10-11,14-15H2,1-2H3,(H,23,26). The Morgan fingerprint density at radius 3 is 2.56 bits per heavy atom. The summed E-state index contributed by atoms with van der Waals surface area (Å²) in [6.07, 6.45) is 2.64. The molecule has 1 amide bonds. The second-order valence-corrected chi connectivity index (χ2v) is 6.87. The summed E-state index contributed by atoms with van der Waals surface area (Å²) in [7, 11) is 0. The number of nitrogens with one attached hydrogen (secondary N) is 1. The predicted octanol–water partition coefficient (Wildman–Crippen LogP) is 4.12. The fraction of sp³-hybridized carbons (Fsp3) is 0.318. The Kier molecular flexibility index (Phi) is 6.36. The molecule has 5 nitrogen and oxygen atoms in total. The number of rotatable bonds is 8. The van der Waals surface area contributed by atoms with Gasteiger partial charge in [0.25, 0.3) is 0 Å². The molecular formula is C22H25N3O2. The Balaban J connectivity index is 1.43. The van der Waals surface area contributed by atoms with E-state index in [0.717, 1.165) is 18.4 Å². The Labute approximate surface area is 159 Å². The molecule has 0 fully saturated rings. The molecule has 2 aromatic carbocycles. The van der Waals surface area contributed by atoms with E-state index in [4.69, 9.17) is 4.52 Å². The number of nitrogens with zero attached hydrogens (tertiary/aromatic N) is 2. The van der Waals surface area contributed by atoms with E-state index in [2.05, 4.69) is 27.6 Å². The number of hydrogen-bond acceptors (Lipinski definition) is 4. The van der Waals surface area contributed by atoms with Crippen LogP contribution < -0.4 is 5.32 Å². The second-order valence-electron chi connectivity index (χ2n) is 6.87. The third-order valence-corrected chi connectivity index (χ3v) is 4.46. The summed E-state index contributed by atoms with van der Waals surface area (Å²) in [5, 5.41) is 7.04. The van der Waals surface area contributed by atoms with Crippen molar-refractivity contribution in [2.45, 2.75) is 45.6 Å². The molecule has 1 atom stereocenters. The number of carbonyl (C=O) groups excluding carboxylic acids is 1. The maximum Gasteiger partial charge on any atom is 0.227 e. The molecule has 0 aliphatic heterocycles. The van der Waals surface area contributed by atoms with Gasteiger partial charge in [-0.2, -0.15) is 4.98 Å². The monoisotopic (exact) mass is 363 g/mol. The molecule has 3 rings (SSSR count). The summed E-state index contributed by atoms with van der Waals surface area (Å²) in [6, 6.07) is 18.4. The van der Waals surface area contributed by atoms with E-state index >= 15 is 0 Å². The van der Waals surface area contributed by atoms with Crippen LogP contribution in [0.4, 0.5) is 0 Å². The first kappa shape index (κ1) is 18.8. The first-order chi connectivity index (χ1) is 13.1. The third kappa shape index (κ3) is 5.78. The van der Waals surface area contributed by atoms with Gasteiger partial charge in [-0.15, -0.1) is 0 Å². The van der Waals surface area contributed by atoms with E-state index in [0.29, 0.717) is 24.6 Å². The zero-order chi connectivity index (χ0) is 19.1. The molecule has 0 aliphatic carbocycles. The van der Waals surface area contributed by atoms with E-state index in [9.17, 15) is 4.79 Å². The van der Waals surface area contributed by atoms with Crippen molar-refractivity contribution in [2.75, 3.05) is 0 Å². The van der Waals surface area contributed by atoms with Crippen LogP contribution >= 0.6 is 0 Å². The Morgan fingerprint density at radius 2 is 1.81 bits per heavy atom. The van der Waals surface area contributed by atoms with Crippen molar-refractivity contribution in [3.63, 3.8) is 0 Å². The average Bonchev–Trinajstić information content (AvgIpc) is 3.15. The molecule has 1 unspecified atom stereocenters. The Bertz CT molecular complexity index is 857. The second kappa shape index (κ2) is 9.12. The highest BCUT2D eigenvalue weighted by molar-refractivity contribution is 5.76. The molecule has 0 saturated carbocycles. The van der Waals surface area contributed by atoms with Crippen LogP contribution in [0.1, 0.15) is 36.8 Å². The Hall–Kier alpha value is -2.95. The normalized spacial score (nSPS) is 11.9. The van der Waals surface area contributed by atoms with E-state index < -0.39 is 0 Å². The van der Waals surface area contributed by atoms with Gasteiger partial charge in [-0.05, 0) is 32.3 Å². The van der Waals surface area contributed by atoms with E-state index in [-0.39, 0.29) is 11.9 Å².